The Bertz CT molecular complexity index is 803. The average molecular weight is 380 g/mol. The number of carbonyl (C=O) groups excluding carboxylic acids is 2. The van der Waals surface area contributed by atoms with E-state index in [1.165, 1.54) is 6.07 Å². The average Bonchev–Trinajstić information content (AvgIpc) is 3.31. The van der Waals surface area contributed by atoms with Crippen LogP contribution < -0.4 is 10.6 Å². The lowest BCUT2D eigenvalue weighted by Crippen LogP contribution is -2.46. The van der Waals surface area contributed by atoms with Crippen LogP contribution in [-0.4, -0.2) is 43.9 Å². The first kappa shape index (κ1) is 19.0. The molecule has 0 aliphatic heterocycles. The fraction of sp³-hybridized carbons (Fsp3) is 0.529. The lowest BCUT2D eigenvalue weighted by atomic mass is 9.90. The standard InChI is InChI=1S/C17H22F2N6O2/c1-2-10-9-14(23-22-10)16(27)21-12-5-3-4-11(8-12)20-15(26)13-6-7-25(24-13)17(18)19/h6-7,9,11-12,17H,2-5,8H2,1H3,(H,20,26)(H,21,27)(H,22,23). The van der Waals surface area contributed by atoms with Gasteiger partial charge >= 0.3 is 6.55 Å². The molecule has 146 valence electrons. The van der Waals surface area contributed by atoms with Crippen LogP contribution in [0, 0.1) is 0 Å². The van der Waals surface area contributed by atoms with Crippen LogP contribution in [0.2, 0.25) is 0 Å². The molecule has 2 unspecified atom stereocenters. The number of hydrogen-bond acceptors (Lipinski definition) is 4. The third-order valence-corrected chi connectivity index (χ3v) is 4.63. The minimum absolute atomic E-state index is 0.0509. The summed E-state index contributed by atoms with van der Waals surface area (Å²) in [6.07, 6.45) is 4.80. The molecule has 2 aromatic heterocycles. The molecule has 1 saturated carbocycles. The second-order valence-corrected chi connectivity index (χ2v) is 6.60. The topological polar surface area (TPSA) is 105 Å². The molecule has 2 amide bonds. The molecular formula is C17H22F2N6O2. The summed E-state index contributed by atoms with van der Waals surface area (Å²) < 4.78 is 25.6. The molecule has 1 aliphatic rings. The molecule has 8 nitrogen and oxygen atoms in total. The highest BCUT2D eigenvalue weighted by molar-refractivity contribution is 5.93. The fourth-order valence-corrected chi connectivity index (χ4v) is 3.20. The van der Waals surface area contributed by atoms with Crippen molar-refractivity contribution in [2.75, 3.05) is 0 Å². The van der Waals surface area contributed by atoms with Crippen molar-refractivity contribution in [3.05, 3.63) is 35.4 Å². The van der Waals surface area contributed by atoms with Crippen LogP contribution >= 0.6 is 0 Å². The quantitative estimate of drug-likeness (QED) is 0.713. The van der Waals surface area contributed by atoms with E-state index < -0.39 is 12.5 Å². The van der Waals surface area contributed by atoms with Gasteiger partial charge in [0.05, 0.1) is 0 Å². The summed E-state index contributed by atoms with van der Waals surface area (Å²) in [6, 6.07) is 2.74. The fourth-order valence-electron chi connectivity index (χ4n) is 3.20. The maximum atomic E-state index is 12.6. The predicted octanol–water partition coefficient (Wildman–Crippen LogP) is 2.03. The van der Waals surface area contributed by atoms with Crippen molar-refractivity contribution < 1.29 is 18.4 Å². The van der Waals surface area contributed by atoms with E-state index in [4.69, 9.17) is 0 Å². The van der Waals surface area contributed by atoms with Gasteiger partial charge in [0, 0.05) is 24.0 Å². The number of hydrogen-bond donors (Lipinski definition) is 3. The highest BCUT2D eigenvalue weighted by Gasteiger charge is 2.26. The molecule has 1 aliphatic carbocycles. The third kappa shape index (κ3) is 4.69. The van der Waals surface area contributed by atoms with Gasteiger partial charge in [-0.15, -0.1) is 0 Å². The highest BCUT2D eigenvalue weighted by Crippen LogP contribution is 2.20. The molecule has 2 atom stereocenters. The number of nitrogens with one attached hydrogen (secondary N) is 3. The normalized spacial score (nSPS) is 19.9. The van der Waals surface area contributed by atoms with Gasteiger partial charge in [0.2, 0.25) is 0 Å². The van der Waals surface area contributed by atoms with Crippen LogP contribution in [0.15, 0.2) is 18.3 Å². The molecule has 2 heterocycles. The van der Waals surface area contributed by atoms with Crippen LogP contribution in [0.4, 0.5) is 8.78 Å². The van der Waals surface area contributed by atoms with E-state index in [0.717, 1.165) is 37.6 Å². The molecular weight excluding hydrogens is 358 g/mol. The molecule has 3 rings (SSSR count). The second-order valence-electron chi connectivity index (χ2n) is 6.60. The largest absolute Gasteiger partial charge is 0.348 e. The van der Waals surface area contributed by atoms with E-state index in [2.05, 4.69) is 25.9 Å². The zero-order valence-electron chi connectivity index (χ0n) is 14.9. The van der Waals surface area contributed by atoms with Crippen LogP contribution in [0.25, 0.3) is 0 Å². The summed E-state index contributed by atoms with van der Waals surface area (Å²) >= 11 is 0. The predicted molar refractivity (Wildman–Crippen MR) is 92.4 cm³/mol. The molecule has 10 heteroatoms. The zero-order valence-corrected chi connectivity index (χ0v) is 14.9. The first-order valence-corrected chi connectivity index (χ1v) is 8.95. The Morgan fingerprint density at radius 3 is 2.48 bits per heavy atom. The molecule has 0 aromatic carbocycles. The van der Waals surface area contributed by atoms with E-state index in [0.29, 0.717) is 16.8 Å². The van der Waals surface area contributed by atoms with Gasteiger partial charge in [-0.2, -0.15) is 19.0 Å². The monoisotopic (exact) mass is 380 g/mol. The smallest absolute Gasteiger partial charge is 0.333 e. The summed E-state index contributed by atoms with van der Waals surface area (Å²) in [5.74, 6) is -0.745. The first-order chi connectivity index (χ1) is 13.0. The number of rotatable bonds is 6. The Morgan fingerprint density at radius 2 is 1.93 bits per heavy atom. The number of H-pyrrole nitrogens is 1. The van der Waals surface area contributed by atoms with Crippen LogP contribution in [0.5, 0.6) is 0 Å². The molecule has 27 heavy (non-hydrogen) atoms. The Balaban J connectivity index is 1.54. The van der Waals surface area contributed by atoms with E-state index in [-0.39, 0.29) is 23.7 Å². The molecule has 1 fully saturated rings. The zero-order chi connectivity index (χ0) is 19.4. The number of aromatic nitrogens is 4. The van der Waals surface area contributed by atoms with Crippen LogP contribution in [0.3, 0.4) is 0 Å². The van der Waals surface area contributed by atoms with Gasteiger partial charge in [-0.25, -0.2) is 4.68 Å². The number of aryl methyl sites for hydroxylation is 1. The van der Waals surface area contributed by atoms with Crippen molar-refractivity contribution in [1.82, 2.24) is 30.6 Å². The van der Waals surface area contributed by atoms with E-state index in [1.54, 1.807) is 6.07 Å². The van der Waals surface area contributed by atoms with Crippen molar-refractivity contribution in [2.45, 2.75) is 57.7 Å². The van der Waals surface area contributed by atoms with Crippen LogP contribution in [0.1, 0.15) is 65.8 Å². The maximum absolute atomic E-state index is 12.6. The van der Waals surface area contributed by atoms with Gasteiger partial charge in [0.25, 0.3) is 11.8 Å². The number of halogens is 2. The molecule has 2 aromatic rings. The Hall–Kier alpha value is -2.78. The Kier molecular flexibility index (Phi) is 5.82. The van der Waals surface area contributed by atoms with Crippen LogP contribution in [-0.2, 0) is 6.42 Å². The van der Waals surface area contributed by atoms with Gasteiger partial charge in [-0.05, 0) is 44.2 Å². The van der Waals surface area contributed by atoms with Crippen molar-refractivity contribution in [1.29, 1.82) is 0 Å². The maximum Gasteiger partial charge on any atom is 0.333 e. The molecule has 0 spiro atoms. The number of nitrogens with zero attached hydrogens (tertiary/aromatic N) is 3. The minimum atomic E-state index is -2.78. The second kappa shape index (κ2) is 8.28. The lowest BCUT2D eigenvalue weighted by Gasteiger charge is -2.30. The lowest BCUT2D eigenvalue weighted by molar-refractivity contribution is 0.0559. The summed E-state index contributed by atoms with van der Waals surface area (Å²) in [4.78, 5) is 24.5. The van der Waals surface area contributed by atoms with E-state index in [1.807, 2.05) is 6.92 Å². The number of alkyl halides is 2. The van der Waals surface area contributed by atoms with Crippen molar-refractivity contribution in [2.24, 2.45) is 0 Å². The number of amides is 2. The molecule has 0 radical (unpaired) electrons. The van der Waals surface area contributed by atoms with Gasteiger partial charge in [0.1, 0.15) is 11.4 Å². The highest BCUT2D eigenvalue weighted by atomic mass is 19.3. The Labute approximate surface area is 154 Å². The SMILES string of the molecule is CCc1cc(C(=O)NC2CCCC(NC(=O)c3ccn(C(F)F)n3)C2)n[nH]1. The summed E-state index contributed by atoms with van der Waals surface area (Å²) in [5, 5.41) is 16.1. The number of carbonyl (C=O) groups is 2. The van der Waals surface area contributed by atoms with Gasteiger partial charge in [0.15, 0.2) is 0 Å². The summed E-state index contributed by atoms with van der Waals surface area (Å²) in [7, 11) is 0. The Morgan fingerprint density at radius 1 is 1.26 bits per heavy atom. The van der Waals surface area contributed by atoms with Gasteiger partial charge in [-0.3, -0.25) is 14.7 Å². The molecule has 3 N–H and O–H groups in total. The number of aromatic amines is 1. The van der Waals surface area contributed by atoms with Crippen molar-refractivity contribution >= 4 is 11.8 Å². The van der Waals surface area contributed by atoms with Gasteiger partial charge < -0.3 is 10.6 Å². The summed E-state index contributed by atoms with van der Waals surface area (Å²) in [6.45, 7) is -0.815. The first-order valence-electron chi connectivity index (χ1n) is 8.95. The third-order valence-electron chi connectivity index (χ3n) is 4.63. The minimum Gasteiger partial charge on any atom is -0.348 e. The van der Waals surface area contributed by atoms with E-state index in [9.17, 15) is 18.4 Å². The summed E-state index contributed by atoms with van der Waals surface area (Å²) in [5.41, 5.74) is 1.18. The van der Waals surface area contributed by atoms with Gasteiger partial charge in [-0.1, -0.05) is 6.92 Å². The van der Waals surface area contributed by atoms with Crippen molar-refractivity contribution in [3.63, 3.8) is 0 Å². The van der Waals surface area contributed by atoms with E-state index >= 15 is 0 Å². The molecule has 0 saturated heterocycles. The molecule has 0 bridgehead atoms. The van der Waals surface area contributed by atoms with Crippen molar-refractivity contribution in [3.8, 4) is 0 Å².